The highest BCUT2D eigenvalue weighted by Gasteiger charge is 1.76. The van der Waals surface area contributed by atoms with Crippen LogP contribution in [0, 0.1) is 0 Å². The molecule has 0 rings (SSSR count). The Morgan fingerprint density at radius 3 is 2.23 bits per heavy atom. The predicted octanol–water partition coefficient (Wildman–Crippen LogP) is 3.26. The summed E-state index contributed by atoms with van der Waals surface area (Å²) in [5, 5.41) is 0. The molecule has 13 heavy (non-hydrogen) atoms. The van der Waals surface area contributed by atoms with Crippen molar-refractivity contribution in [3.8, 4) is 0 Å². The van der Waals surface area contributed by atoms with Crippen molar-refractivity contribution in [2.75, 3.05) is 7.05 Å². The zero-order chi connectivity index (χ0) is 10.5. The fraction of sp³-hybridized carbons (Fsp3) is 0.455. The molecule has 0 radical (unpaired) electrons. The van der Waals surface area contributed by atoms with Gasteiger partial charge in [-0.2, -0.15) is 0 Å². The number of rotatable bonds is 3. The van der Waals surface area contributed by atoms with E-state index in [1.807, 2.05) is 52.0 Å². The topological polar surface area (TPSA) is 24.7 Å². The zero-order valence-corrected chi connectivity index (χ0v) is 9.28. The molecule has 0 aromatic rings. The van der Waals surface area contributed by atoms with Crippen LogP contribution in [0.1, 0.15) is 27.7 Å². The van der Waals surface area contributed by atoms with Gasteiger partial charge < -0.3 is 0 Å². The Bertz CT molecular complexity index is 198. The zero-order valence-electron chi connectivity index (χ0n) is 9.28. The largest absolute Gasteiger partial charge is 0.277 e. The molecular formula is C11H20N2. The van der Waals surface area contributed by atoms with Gasteiger partial charge in [0.2, 0.25) is 0 Å². The molecule has 0 aromatic heterocycles. The minimum absolute atomic E-state index is 0.953. The van der Waals surface area contributed by atoms with E-state index in [0.717, 1.165) is 5.71 Å². The maximum atomic E-state index is 4.02. The Morgan fingerprint density at radius 1 is 1.15 bits per heavy atom. The minimum atomic E-state index is 0.953. The maximum absolute atomic E-state index is 4.02. The molecule has 0 aliphatic heterocycles. The molecule has 0 amide bonds. The Kier molecular flexibility index (Phi) is 14.8. The van der Waals surface area contributed by atoms with Crippen LogP contribution in [0.25, 0.3) is 0 Å². The maximum Gasteiger partial charge on any atom is 0.109 e. The standard InChI is InChI=1S/C9H14N2.C2H6/c1-4-5-6-7-9(2)11-8-10-3;1-2/h4-8H,1-3H3;1-2H3/b5-4-,7-6-,10-8?,11-9?;. The summed E-state index contributed by atoms with van der Waals surface area (Å²) in [4.78, 5) is 7.76. The van der Waals surface area contributed by atoms with E-state index in [4.69, 9.17) is 0 Å². The van der Waals surface area contributed by atoms with Gasteiger partial charge in [0.25, 0.3) is 0 Å². The average molecular weight is 180 g/mol. The number of hydrogen-bond donors (Lipinski definition) is 0. The van der Waals surface area contributed by atoms with E-state index in [1.165, 1.54) is 6.34 Å². The highest BCUT2D eigenvalue weighted by molar-refractivity contribution is 5.97. The van der Waals surface area contributed by atoms with Crippen LogP contribution in [0.2, 0.25) is 0 Å². The van der Waals surface area contributed by atoms with Crippen molar-refractivity contribution in [1.82, 2.24) is 0 Å². The van der Waals surface area contributed by atoms with Crippen molar-refractivity contribution in [2.24, 2.45) is 9.98 Å². The monoisotopic (exact) mass is 180 g/mol. The number of aliphatic imine (C=N–C) groups is 2. The molecule has 0 aromatic carbocycles. The van der Waals surface area contributed by atoms with E-state index in [-0.39, 0.29) is 0 Å². The van der Waals surface area contributed by atoms with Crippen LogP contribution in [0.5, 0.6) is 0 Å². The lowest BCUT2D eigenvalue weighted by Crippen LogP contribution is -1.83. The van der Waals surface area contributed by atoms with Gasteiger partial charge in [-0.05, 0) is 19.9 Å². The van der Waals surface area contributed by atoms with E-state index < -0.39 is 0 Å². The third-order valence-electron chi connectivity index (χ3n) is 1.02. The van der Waals surface area contributed by atoms with E-state index in [1.54, 1.807) is 7.05 Å². The quantitative estimate of drug-likeness (QED) is 0.362. The van der Waals surface area contributed by atoms with Crippen molar-refractivity contribution < 1.29 is 0 Å². The number of nitrogens with zero attached hydrogens (tertiary/aromatic N) is 2. The molecule has 0 bridgehead atoms. The van der Waals surface area contributed by atoms with Gasteiger partial charge in [-0.25, -0.2) is 4.99 Å². The predicted molar refractivity (Wildman–Crippen MR) is 62.8 cm³/mol. The SMILES string of the molecule is C/C=C\C=C/C(C)=NC=NC.CC. The summed E-state index contributed by atoms with van der Waals surface area (Å²) in [6.07, 6.45) is 9.35. The van der Waals surface area contributed by atoms with E-state index in [9.17, 15) is 0 Å². The second-order valence-electron chi connectivity index (χ2n) is 2.03. The van der Waals surface area contributed by atoms with Crippen LogP contribution in [0.4, 0.5) is 0 Å². The fourth-order valence-electron chi connectivity index (χ4n) is 0.498. The summed E-state index contributed by atoms with van der Waals surface area (Å²) >= 11 is 0. The molecule has 0 fully saturated rings. The van der Waals surface area contributed by atoms with Crippen LogP contribution in [-0.4, -0.2) is 19.1 Å². The molecule has 0 N–H and O–H groups in total. The first-order valence-electron chi connectivity index (χ1n) is 4.55. The molecule has 0 unspecified atom stereocenters. The molecule has 0 aliphatic carbocycles. The molecule has 0 atom stereocenters. The molecule has 0 spiro atoms. The number of hydrogen-bond acceptors (Lipinski definition) is 1. The van der Waals surface area contributed by atoms with E-state index >= 15 is 0 Å². The summed E-state index contributed by atoms with van der Waals surface area (Å²) in [5.74, 6) is 0. The second-order valence-corrected chi connectivity index (χ2v) is 2.03. The molecule has 2 heteroatoms. The first-order valence-corrected chi connectivity index (χ1v) is 4.55. The van der Waals surface area contributed by atoms with Crippen molar-refractivity contribution in [2.45, 2.75) is 27.7 Å². The Hall–Kier alpha value is -1.18. The Morgan fingerprint density at radius 2 is 1.77 bits per heavy atom. The second kappa shape index (κ2) is 13.4. The van der Waals surface area contributed by atoms with Gasteiger partial charge >= 0.3 is 0 Å². The average Bonchev–Trinajstić information content (AvgIpc) is 2.18. The van der Waals surface area contributed by atoms with Crippen LogP contribution < -0.4 is 0 Å². The fourth-order valence-corrected chi connectivity index (χ4v) is 0.498. The minimum Gasteiger partial charge on any atom is -0.277 e. The lowest BCUT2D eigenvalue weighted by atomic mass is 10.3. The number of allylic oxidation sites excluding steroid dienone is 4. The summed E-state index contributed by atoms with van der Waals surface area (Å²) in [6.45, 7) is 7.91. The Labute approximate surface area is 81.8 Å². The van der Waals surface area contributed by atoms with Gasteiger partial charge in [0, 0.05) is 12.8 Å². The molecule has 2 nitrogen and oxygen atoms in total. The Balaban J connectivity index is 0. The molecule has 0 heterocycles. The van der Waals surface area contributed by atoms with Crippen molar-refractivity contribution in [1.29, 1.82) is 0 Å². The van der Waals surface area contributed by atoms with E-state index in [2.05, 4.69) is 9.98 Å². The highest BCUT2D eigenvalue weighted by Crippen LogP contribution is 1.81. The third-order valence-corrected chi connectivity index (χ3v) is 1.02. The summed E-state index contributed by atoms with van der Waals surface area (Å²) in [7, 11) is 1.70. The van der Waals surface area contributed by atoms with Crippen molar-refractivity contribution in [3.63, 3.8) is 0 Å². The molecule has 0 aliphatic rings. The molecular weight excluding hydrogens is 160 g/mol. The first kappa shape index (κ1) is 14.3. The van der Waals surface area contributed by atoms with Gasteiger partial charge in [-0.15, -0.1) is 0 Å². The van der Waals surface area contributed by atoms with Crippen LogP contribution in [0.3, 0.4) is 0 Å². The lowest BCUT2D eigenvalue weighted by molar-refractivity contribution is 1.44. The van der Waals surface area contributed by atoms with Crippen molar-refractivity contribution in [3.05, 3.63) is 24.3 Å². The van der Waals surface area contributed by atoms with Crippen LogP contribution in [-0.2, 0) is 0 Å². The highest BCUT2D eigenvalue weighted by atomic mass is 14.8. The van der Waals surface area contributed by atoms with Gasteiger partial charge in [-0.1, -0.05) is 32.1 Å². The van der Waals surface area contributed by atoms with Crippen LogP contribution in [0.15, 0.2) is 34.3 Å². The summed E-state index contributed by atoms with van der Waals surface area (Å²) < 4.78 is 0. The normalized spacial score (nSPS) is 12.5. The molecule has 0 saturated carbocycles. The molecule has 0 saturated heterocycles. The van der Waals surface area contributed by atoms with Crippen LogP contribution >= 0.6 is 0 Å². The van der Waals surface area contributed by atoms with Gasteiger partial charge in [-0.3, -0.25) is 4.99 Å². The smallest absolute Gasteiger partial charge is 0.109 e. The van der Waals surface area contributed by atoms with Gasteiger partial charge in [0.1, 0.15) is 6.34 Å². The van der Waals surface area contributed by atoms with Gasteiger partial charge in [0.05, 0.1) is 0 Å². The third kappa shape index (κ3) is 13.8. The van der Waals surface area contributed by atoms with Gasteiger partial charge in [0.15, 0.2) is 0 Å². The summed E-state index contributed by atoms with van der Waals surface area (Å²) in [5.41, 5.74) is 0.953. The first-order chi connectivity index (χ1) is 6.31. The van der Waals surface area contributed by atoms with Crippen molar-refractivity contribution >= 4 is 12.1 Å². The molecule has 74 valence electrons. The summed E-state index contributed by atoms with van der Waals surface area (Å²) in [6, 6.07) is 0. The van der Waals surface area contributed by atoms with E-state index in [0.29, 0.717) is 0 Å². The lowest BCUT2D eigenvalue weighted by Gasteiger charge is -1.83.